The quantitative estimate of drug-likeness (QED) is 0.698. The van der Waals surface area contributed by atoms with Gasteiger partial charge >= 0.3 is 6.09 Å². The van der Waals surface area contributed by atoms with Crippen LogP contribution in [0.2, 0.25) is 0 Å². The zero-order chi connectivity index (χ0) is 11.6. The van der Waals surface area contributed by atoms with Gasteiger partial charge in [-0.25, -0.2) is 4.79 Å². The summed E-state index contributed by atoms with van der Waals surface area (Å²) in [7, 11) is 0. The Morgan fingerprint density at radius 3 is 2.53 bits per heavy atom. The molecule has 0 aromatic carbocycles. The largest absolute Gasteiger partial charge is 0.465 e. The Labute approximate surface area is 91.4 Å². The Kier molecular flexibility index (Phi) is 3.60. The number of hydrogen-bond donors (Lipinski definition) is 2. The van der Waals surface area contributed by atoms with Gasteiger partial charge in [0.15, 0.2) is 0 Å². The van der Waals surface area contributed by atoms with Crippen molar-refractivity contribution in [1.82, 2.24) is 4.90 Å². The van der Waals surface area contributed by atoms with Gasteiger partial charge in [-0.1, -0.05) is 20.8 Å². The Balaban J connectivity index is 2.91. The molecule has 1 saturated heterocycles. The average Bonchev–Trinajstić information content (AvgIpc) is 2.15. The van der Waals surface area contributed by atoms with Crippen molar-refractivity contribution >= 4 is 6.09 Å². The van der Waals surface area contributed by atoms with E-state index in [0.29, 0.717) is 19.0 Å². The van der Waals surface area contributed by atoms with E-state index in [9.17, 15) is 9.90 Å². The summed E-state index contributed by atoms with van der Waals surface area (Å²) in [4.78, 5) is 12.7. The maximum absolute atomic E-state index is 11.2. The molecule has 1 aliphatic rings. The molecular formula is C11H22N2O2. The third-order valence-corrected chi connectivity index (χ3v) is 3.19. The van der Waals surface area contributed by atoms with E-state index in [2.05, 4.69) is 20.8 Å². The van der Waals surface area contributed by atoms with Crippen LogP contribution in [0.5, 0.6) is 0 Å². The zero-order valence-corrected chi connectivity index (χ0v) is 9.86. The highest BCUT2D eigenvalue weighted by atomic mass is 16.4. The lowest BCUT2D eigenvalue weighted by molar-refractivity contribution is 0.0258. The molecule has 3 N–H and O–H groups in total. The van der Waals surface area contributed by atoms with Crippen molar-refractivity contribution < 1.29 is 9.90 Å². The number of amides is 1. The van der Waals surface area contributed by atoms with Gasteiger partial charge in [-0.15, -0.1) is 0 Å². The van der Waals surface area contributed by atoms with Crippen LogP contribution in [0.3, 0.4) is 0 Å². The lowest BCUT2D eigenvalue weighted by atomic mass is 9.74. The number of carbonyl (C=O) groups is 1. The minimum Gasteiger partial charge on any atom is -0.465 e. The lowest BCUT2D eigenvalue weighted by Gasteiger charge is -2.46. The van der Waals surface area contributed by atoms with E-state index >= 15 is 0 Å². The fourth-order valence-corrected chi connectivity index (χ4v) is 2.71. The van der Waals surface area contributed by atoms with Crippen molar-refractivity contribution in [3.8, 4) is 0 Å². The molecule has 1 fully saturated rings. The van der Waals surface area contributed by atoms with E-state index in [1.54, 1.807) is 4.90 Å². The zero-order valence-electron chi connectivity index (χ0n) is 9.86. The third-order valence-electron chi connectivity index (χ3n) is 3.19. The van der Waals surface area contributed by atoms with Gasteiger partial charge in [0, 0.05) is 12.6 Å². The summed E-state index contributed by atoms with van der Waals surface area (Å²) in [6.07, 6.45) is 1.16. The van der Waals surface area contributed by atoms with Crippen molar-refractivity contribution in [3.63, 3.8) is 0 Å². The van der Waals surface area contributed by atoms with Crippen molar-refractivity contribution in [2.75, 3.05) is 13.1 Å². The van der Waals surface area contributed by atoms with Crippen LogP contribution in [0.25, 0.3) is 0 Å². The molecule has 1 rings (SSSR count). The van der Waals surface area contributed by atoms with E-state index in [-0.39, 0.29) is 11.5 Å². The molecular weight excluding hydrogens is 192 g/mol. The number of rotatable bonds is 1. The van der Waals surface area contributed by atoms with E-state index in [1.165, 1.54) is 0 Å². The summed E-state index contributed by atoms with van der Waals surface area (Å²) < 4.78 is 0. The molecule has 0 aliphatic carbocycles. The first kappa shape index (κ1) is 12.3. The standard InChI is InChI=1S/C11H22N2O2/c1-11(2,3)9-8(7-12)5-4-6-13(9)10(14)15/h8-9H,4-7,12H2,1-3H3,(H,14,15)/t8-,9?/m0/s1. The second-order valence-corrected chi connectivity index (χ2v) is 5.42. The summed E-state index contributed by atoms with van der Waals surface area (Å²) in [6, 6.07) is 0.0498. The van der Waals surface area contributed by atoms with Crippen LogP contribution in [-0.2, 0) is 0 Å². The third kappa shape index (κ3) is 2.62. The Hall–Kier alpha value is -0.770. The normalized spacial score (nSPS) is 27.9. The van der Waals surface area contributed by atoms with Crippen LogP contribution in [0.1, 0.15) is 33.6 Å². The second kappa shape index (κ2) is 4.39. The number of likely N-dealkylation sites (tertiary alicyclic amines) is 1. The van der Waals surface area contributed by atoms with E-state index in [4.69, 9.17) is 5.73 Å². The van der Waals surface area contributed by atoms with Crippen molar-refractivity contribution in [1.29, 1.82) is 0 Å². The smallest absolute Gasteiger partial charge is 0.407 e. The molecule has 2 atom stereocenters. The molecule has 0 aromatic rings. The van der Waals surface area contributed by atoms with E-state index in [0.717, 1.165) is 12.8 Å². The molecule has 4 nitrogen and oxygen atoms in total. The van der Waals surface area contributed by atoms with Gasteiger partial charge < -0.3 is 15.7 Å². The fourth-order valence-electron chi connectivity index (χ4n) is 2.71. The average molecular weight is 214 g/mol. The number of nitrogens with zero attached hydrogens (tertiary/aromatic N) is 1. The molecule has 0 saturated carbocycles. The Morgan fingerprint density at radius 1 is 1.53 bits per heavy atom. The molecule has 1 unspecified atom stereocenters. The summed E-state index contributed by atoms with van der Waals surface area (Å²) in [5.74, 6) is 0.301. The van der Waals surface area contributed by atoms with Crippen LogP contribution in [0.4, 0.5) is 4.79 Å². The van der Waals surface area contributed by atoms with Gasteiger partial charge in [-0.05, 0) is 30.7 Å². The summed E-state index contributed by atoms with van der Waals surface area (Å²) in [5, 5.41) is 9.17. The highest BCUT2D eigenvalue weighted by Gasteiger charge is 2.40. The van der Waals surface area contributed by atoms with Crippen LogP contribution < -0.4 is 5.73 Å². The molecule has 88 valence electrons. The molecule has 4 heteroatoms. The maximum Gasteiger partial charge on any atom is 0.407 e. The minimum atomic E-state index is -0.812. The minimum absolute atomic E-state index is 0.0388. The molecule has 0 aromatic heterocycles. The van der Waals surface area contributed by atoms with Crippen molar-refractivity contribution in [2.45, 2.75) is 39.7 Å². The lowest BCUT2D eigenvalue weighted by Crippen LogP contribution is -2.55. The SMILES string of the molecule is CC(C)(C)C1[C@H](CN)CCCN1C(=O)O. The molecule has 0 bridgehead atoms. The van der Waals surface area contributed by atoms with Crippen molar-refractivity contribution in [2.24, 2.45) is 17.1 Å². The predicted molar refractivity (Wildman–Crippen MR) is 59.8 cm³/mol. The summed E-state index contributed by atoms with van der Waals surface area (Å²) in [5.41, 5.74) is 5.69. The van der Waals surface area contributed by atoms with Gasteiger partial charge in [0.1, 0.15) is 0 Å². The van der Waals surface area contributed by atoms with Crippen LogP contribution in [0, 0.1) is 11.3 Å². The molecule has 0 spiro atoms. The van der Waals surface area contributed by atoms with Gasteiger partial charge in [-0.3, -0.25) is 0 Å². The first-order valence-corrected chi connectivity index (χ1v) is 5.57. The van der Waals surface area contributed by atoms with Gasteiger partial charge in [0.2, 0.25) is 0 Å². The van der Waals surface area contributed by atoms with Gasteiger partial charge in [0.05, 0.1) is 0 Å². The summed E-state index contributed by atoms with van der Waals surface area (Å²) >= 11 is 0. The first-order valence-electron chi connectivity index (χ1n) is 5.57. The van der Waals surface area contributed by atoms with Gasteiger partial charge in [-0.2, -0.15) is 0 Å². The molecule has 1 amide bonds. The van der Waals surface area contributed by atoms with Crippen molar-refractivity contribution in [3.05, 3.63) is 0 Å². The van der Waals surface area contributed by atoms with E-state index < -0.39 is 6.09 Å². The fraction of sp³-hybridized carbons (Fsp3) is 0.909. The second-order valence-electron chi connectivity index (χ2n) is 5.42. The highest BCUT2D eigenvalue weighted by Crippen LogP contribution is 2.35. The topological polar surface area (TPSA) is 66.6 Å². The Morgan fingerprint density at radius 2 is 2.13 bits per heavy atom. The van der Waals surface area contributed by atoms with Gasteiger partial charge in [0.25, 0.3) is 0 Å². The molecule has 15 heavy (non-hydrogen) atoms. The Bertz CT molecular complexity index is 235. The maximum atomic E-state index is 11.2. The van der Waals surface area contributed by atoms with E-state index in [1.807, 2.05) is 0 Å². The molecule has 1 heterocycles. The number of nitrogens with two attached hydrogens (primary N) is 1. The molecule has 0 radical (unpaired) electrons. The first-order chi connectivity index (χ1) is 6.88. The van der Waals surface area contributed by atoms with Crippen LogP contribution in [0.15, 0.2) is 0 Å². The number of carboxylic acid groups (broad SMARTS) is 1. The number of piperidine rings is 1. The number of hydrogen-bond acceptors (Lipinski definition) is 2. The van der Waals surface area contributed by atoms with Crippen LogP contribution in [-0.4, -0.2) is 35.2 Å². The predicted octanol–water partition coefficient (Wildman–Crippen LogP) is 1.75. The van der Waals surface area contributed by atoms with Crippen LogP contribution >= 0.6 is 0 Å². The summed E-state index contributed by atoms with van der Waals surface area (Å²) in [6.45, 7) is 7.48. The molecule has 1 aliphatic heterocycles. The monoisotopic (exact) mass is 214 g/mol. The highest BCUT2D eigenvalue weighted by molar-refractivity contribution is 5.65.